The quantitative estimate of drug-likeness (QED) is 0.771. The van der Waals surface area contributed by atoms with Crippen molar-refractivity contribution >= 4 is 21.6 Å². The van der Waals surface area contributed by atoms with Crippen LogP contribution in [0.5, 0.6) is 5.75 Å². The van der Waals surface area contributed by atoms with Crippen molar-refractivity contribution < 1.29 is 26.7 Å². The van der Waals surface area contributed by atoms with E-state index in [2.05, 4.69) is 5.32 Å². The summed E-state index contributed by atoms with van der Waals surface area (Å²) in [6.07, 6.45) is 0.678. The second kappa shape index (κ2) is 8.87. The average molecular weight is 424 g/mol. The number of sulfonamides is 1. The van der Waals surface area contributed by atoms with Crippen LogP contribution in [-0.4, -0.2) is 38.3 Å². The Bertz CT molecular complexity index is 972. The van der Waals surface area contributed by atoms with Crippen molar-refractivity contribution in [1.29, 1.82) is 0 Å². The maximum Gasteiger partial charge on any atom is 0.243 e. The molecule has 2 aromatic carbocycles. The van der Waals surface area contributed by atoms with Crippen LogP contribution in [0.4, 0.5) is 14.5 Å². The van der Waals surface area contributed by atoms with Crippen molar-refractivity contribution in [3.63, 3.8) is 0 Å². The second-order valence-corrected chi connectivity index (χ2v) is 8.64. The van der Waals surface area contributed by atoms with Gasteiger partial charge in [-0.05, 0) is 56.2 Å². The third-order valence-corrected chi connectivity index (χ3v) is 6.70. The summed E-state index contributed by atoms with van der Waals surface area (Å²) in [6.45, 7) is 2.74. The number of amides is 1. The lowest BCUT2D eigenvalue weighted by Crippen LogP contribution is -2.41. The first-order chi connectivity index (χ1) is 13.8. The number of carbonyl (C=O) groups is 1. The van der Waals surface area contributed by atoms with E-state index in [-0.39, 0.29) is 29.6 Å². The number of hydrogen-bond donors (Lipinski definition) is 1. The van der Waals surface area contributed by atoms with Gasteiger partial charge in [0.15, 0.2) is 11.6 Å². The van der Waals surface area contributed by atoms with Crippen molar-refractivity contribution in [1.82, 2.24) is 4.31 Å². The summed E-state index contributed by atoms with van der Waals surface area (Å²) in [7, 11) is -3.66. The summed E-state index contributed by atoms with van der Waals surface area (Å²) < 4.78 is 58.5. The van der Waals surface area contributed by atoms with Crippen LogP contribution >= 0.6 is 0 Å². The van der Waals surface area contributed by atoms with Crippen LogP contribution in [0.25, 0.3) is 0 Å². The Balaban J connectivity index is 1.60. The number of nitrogens with one attached hydrogen (secondary N) is 1. The average Bonchev–Trinajstić information content (AvgIpc) is 2.71. The molecule has 1 aliphatic rings. The third kappa shape index (κ3) is 4.91. The predicted octanol–water partition coefficient (Wildman–Crippen LogP) is 3.40. The van der Waals surface area contributed by atoms with Crippen molar-refractivity contribution in [3.8, 4) is 5.75 Å². The Kier molecular flexibility index (Phi) is 6.49. The fourth-order valence-electron chi connectivity index (χ4n) is 3.20. The van der Waals surface area contributed by atoms with Crippen LogP contribution in [0, 0.1) is 17.6 Å². The molecule has 0 aromatic heterocycles. The van der Waals surface area contributed by atoms with Gasteiger partial charge in [-0.2, -0.15) is 4.31 Å². The topological polar surface area (TPSA) is 75.7 Å². The molecule has 29 heavy (non-hydrogen) atoms. The van der Waals surface area contributed by atoms with Gasteiger partial charge in [0.25, 0.3) is 0 Å². The van der Waals surface area contributed by atoms with Crippen LogP contribution in [0.15, 0.2) is 47.4 Å². The number of hydrogen-bond acceptors (Lipinski definition) is 4. The molecule has 156 valence electrons. The summed E-state index contributed by atoms with van der Waals surface area (Å²) in [5.74, 6) is -2.18. The summed E-state index contributed by atoms with van der Waals surface area (Å²) >= 11 is 0. The molecule has 0 atom stereocenters. The zero-order valence-corrected chi connectivity index (χ0v) is 16.7. The van der Waals surface area contributed by atoms with Crippen molar-refractivity contribution in [2.24, 2.45) is 5.92 Å². The SMILES string of the molecule is CCOc1ccc(S(=O)(=O)N2CCC(C(=O)Nc3ccc(F)c(F)c3)CC2)cc1. The molecule has 0 aliphatic carbocycles. The molecule has 0 radical (unpaired) electrons. The molecule has 1 amide bonds. The minimum absolute atomic E-state index is 0.165. The normalized spacial score (nSPS) is 15.8. The maximum atomic E-state index is 13.3. The Hall–Kier alpha value is -2.52. The number of ether oxygens (including phenoxy) is 1. The largest absolute Gasteiger partial charge is 0.494 e. The summed E-state index contributed by atoms with van der Waals surface area (Å²) in [5.41, 5.74) is 0.165. The van der Waals surface area contributed by atoms with E-state index in [1.54, 1.807) is 12.1 Å². The van der Waals surface area contributed by atoms with Crippen LogP contribution < -0.4 is 10.1 Å². The van der Waals surface area contributed by atoms with E-state index in [1.807, 2.05) is 6.92 Å². The standard InChI is InChI=1S/C20H22F2N2O4S/c1-2-28-16-4-6-17(7-5-16)29(26,27)24-11-9-14(10-12-24)20(25)23-15-3-8-18(21)19(22)13-15/h3-8,13-14H,2,9-12H2,1H3,(H,23,25). The first-order valence-corrected chi connectivity index (χ1v) is 10.7. The Labute approximate surface area is 168 Å². The van der Waals surface area contributed by atoms with E-state index in [4.69, 9.17) is 4.74 Å². The number of halogens is 2. The van der Waals surface area contributed by atoms with Gasteiger partial charge in [-0.1, -0.05) is 0 Å². The molecule has 1 N–H and O–H groups in total. The molecule has 1 fully saturated rings. The molecule has 0 unspecified atom stereocenters. The third-order valence-electron chi connectivity index (χ3n) is 4.78. The lowest BCUT2D eigenvalue weighted by Gasteiger charge is -2.30. The molecular formula is C20H22F2N2O4S. The molecule has 0 bridgehead atoms. The minimum atomic E-state index is -3.66. The molecule has 1 saturated heterocycles. The number of nitrogens with zero attached hydrogens (tertiary/aromatic N) is 1. The molecular weight excluding hydrogens is 402 g/mol. The fourth-order valence-corrected chi connectivity index (χ4v) is 4.67. The maximum absolute atomic E-state index is 13.3. The number of anilines is 1. The van der Waals surface area contributed by atoms with Gasteiger partial charge in [0, 0.05) is 30.8 Å². The molecule has 0 spiro atoms. The first-order valence-electron chi connectivity index (χ1n) is 9.30. The van der Waals surface area contributed by atoms with E-state index in [1.165, 1.54) is 22.5 Å². The van der Waals surface area contributed by atoms with Gasteiger partial charge in [-0.3, -0.25) is 4.79 Å². The van der Waals surface area contributed by atoms with Crippen LogP contribution in [0.3, 0.4) is 0 Å². The van der Waals surface area contributed by atoms with Gasteiger partial charge in [-0.15, -0.1) is 0 Å². The van der Waals surface area contributed by atoms with E-state index in [9.17, 15) is 22.0 Å². The van der Waals surface area contributed by atoms with Gasteiger partial charge < -0.3 is 10.1 Å². The molecule has 2 aromatic rings. The molecule has 1 aliphatic heterocycles. The molecule has 9 heteroatoms. The van der Waals surface area contributed by atoms with Gasteiger partial charge >= 0.3 is 0 Å². The van der Waals surface area contributed by atoms with E-state index >= 15 is 0 Å². The van der Waals surface area contributed by atoms with Gasteiger partial charge in [-0.25, -0.2) is 17.2 Å². The van der Waals surface area contributed by atoms with Gasteiger partial charge in [0.2, 0.25) is 15.9 Å². The van der Waals surface area contributed by atoms with E-state index < -0.39 is 27.6 Å². The summed E-state index contributed by atoms with van der Waals surface area (Å²) in [6, 6.07) is 9.36. The van der Waals surface area contributed by atoms with Crippen molar-refractivity contribution in [2.75, 3.05) is 25.0 Å². The van der Waals surface area contributed by atoms with Crippen molar-refractivity contribution in [3.05, 3.63) is 54.1 Å². The van der Waals surface area contributed by atoms with Crippen LogP contribution in [0.1, 0.15) is 19.8 Å². The molecule has 0 saturated carbocycles. The van der Waals surface area contributed by atoms with Gasteiger partial charge in [0.05, 0.1) is 11.5 Å². The smallest absolute Gasteiger partial charge is 0.243 e. The number of carbonyl (C=O) groups excluding carboxylic acids is 1. The predicted molar refractivity (Wildman–Crippen MR) is 104 cm³/mol. The molecule has 6 nitrogen and oxygen atoms in total. The zero-order chi connectivity index (χ0) is 21.0. The highest BCUT2D eigenvalue weighted by Crippen LogP contribution is 2.26. The minimum Gasteiger partial charge on any atom is -0.494 e. The van der Waals surface area contributed by atoms with Gasteiger partial charge in [0.1, 0.15) is 5.75 Å². The lowest BCUT2D eigenvalue weighted by atomic mass is 9.97. The fraction of sp³-hybridized carbons (Fsp3) is 0.350. The summed E-state index contributed by atoms with van der Waals surface area (Å²) in [5, 5.41) is 2.56. The highest BCUT2D eigenvalue weighted by Gasteiger charge is 2.32. The first kappa shape index (κ1) is 21.2. The Morgan fingerprint density at radius 1 is 1.10 bits per heavy atom. The molecule has 1 heterocycles. The highest BCUT2D eigenvalue weighted by atomic mass is 32.2. The van der Waals surface area contributed by atoms with Crippen molar-refractivity contribution in [2.45, 2.75) is 24.7 Å². The number of rotatable bonds is 6. The van der Waals surface area contributed by atoms with E-state index in [0.717, 1.165) is 12.1 Å². The zero-order valence-electron chi connectivity index (χ0n) is 15.9. The molecule has 3 rings (SSSR count). The summed E-state index contributed by atoms with van der Waals surface area (Å²) in [4.78, 5) is 12.6. The second-order valence-electron chi connectivity index (χ2n) is 6.70. The Morgan fingerprint density at radius 2 is 1.76 bits per heavy atom. The number of piperidine rings is 1. The monoisotopic (exact) mass is 424 g/mol. The highest BCUT2D eigenvalue weighted by molar-refractivity contribution is 7.89. The number of benzene rings is 2. The van der Waals surface area contributed by atoms with E-state index in [0.29, 0.717) is 25.2 Å². The van der Waals surface area contributed by atoms with Crippen LogP contribution in [-0.2, 0) is 14.8 Å². The Morgan fingerprint density at radius 3 is 2.34 bits per heavy atom. The van der Waals surface area contributed by atoms with Crippen LogP contribution in [0.2, 0.25) is 0 Å². The lowest BCUT2D eigenvalue weighted by molar-refractivity contribution is -0.120.